The van der Waals surface area contributed by atoms with Crippen molar-refractivity contribution in [2.24, 2.45) is 5.73 Å². The molecule has 0 saturated heterocycles. The van der Waals surface area contributed by atoms with Crippen LogP contribution in [0.5, 0.6) is 5.75 Å². The Morgan fingerprint density at radius 2 is 2.38 bits per heavy atom. The quantitative estimate of drug-likeness (QED) is 0.802. The van der Waals surface area contributed by atoms with Crippen molar-refractivity contribution in [2.45, 2.75) is 25.3 Å². The molecule has 0 fully saturated rings. The van der Waals surface area contributed by atoms with Crippen LogP contribution in [-0.4, -0.2) is 23.7 Å². The van der Waals surface area contributed by atoms with Crippen molar-refractivity contribution >= 4 is 5.97 Å². The molecule has 2 atom stereocenters. The summed E-state index contributed by atoms with van der Waals surface area (Å²) in [6, 6.07) is 5.23. The van der Waals surface area contributed by atoms with Crippen LogP contribution in [0.15, 0.2) is 18.2 Å². The van der Waals surface area contributed by atoms with Gasteiger partial charge in [0.25, 0.3) is 0 Å². The molecule has 16 heavy (non-hydrogen) atoms. The lowest BCUT2D eigenvalue weighted by atomic mass is 9.99. The van der Waals surface area contributed by atoms with E-state index in [1.807, 2.05) is 19.1 Å². The SMILES string of the molecule is CCOc1ccc2c(c1)C(C(=O)O)C(N)C2. The molecule has 0 aromatic heterocycles. The second kappa shape index (κ2) is 4.14. The predicted molar refractivity (Wildman–Crippen MR) is 59.7 cm³/mol. The van der Waals surface area contributed by atoms with Gasteiger partial charge in [0.05, 0.1) is 12.5 Å². The Balaban J connectivity index is 2.38. The molecule has 2 unspecified atom stereocenters. The van der Waals surface area contributed by atoms with Crippen LogP contribution < -0.4 is 10.5 Å². The first kappa shape index (κ1) is 11.0. The summed E-state index contributed by atoms with van der Waals surface area (Å²) < 4.78 is 5.36. The average Bonchev–Trinajstić information content (AvgIpc) is 2.53. The molecule has 0 amide bonds. The summed E-state index contributed by atoms with van der Waals surface area (Å²) in [5, 5.41) is 9.13. The molecule has 2 rings (SSSR count). The van der Waals surface area contributed by atoms with E-state index in [1.54, 1.807) is 6.07 Å². The molecular formula is C12H15NO3. The van der Waals surface area contributed by atoms with Crippen molar-refractivity contribution in [3.63, 3.8) is 0 Å². The second-order valence-corrected chi connectivity index (χ2v) is 3.98. The highest BCUT2D eigenvalue weighted by molar-refractivity contribution is 5.79. The van der Waals surface area contributed by atoms with Crippen LogP contribution in [0.2, 0.25) is 0 Å². The van der Waals surface area contributed by atoms with E-state index < -0.39 is 11.9 Å². The van der Waals surface area contributed by atoms with Crippen molar-refractivity contribution in [3.05, 3.63) is 29.3 Å². The number of fused-ring (bicyclic) bond motifs is 1. The molecule has 0 spiro atoms. The van der Waals surface area contributed by atoms with Gasteiger partial charge in [0.2, 0.25) is 0 Å². The van der Waals surface area contributed by atoms with Crippen LogP contribution in [0.25, 0.3) is 0 Å². The van der Waals surface area contributed by atoms with Gasteiger partial charge < -0.3 is 15.6 Å². The summed E-state index contributed by atoms with van der Waals surface area (Å²) in [6.45, 7) is 2.47. The molecule has 1 aliphatic carbocycles. The molecule has 0 saturated carbocycles. The van der Waals surface area contributed by atoms with E-state index in [0.29, 0.717) is 18.8 Å². The second-order valence-electron chi connectivity index (χ2n) is 3.98. The fraction of sp³-hybridized carbons (Fsp3) is 0.417. The third-order valence-corrected chi connectivity index (χ3v) is 2.91. The van der Waals surface area contributed by atoms with Gasteiger partial charge in [-0.25, -0.2) is 0 Å². The Kier molecular flexibility index (Phi) is 2.83. The summed E-state index contributed by atoms with van der Waals surface area (Å²) in [4.78, 5) is 11.1. The normalized spacial score (nSPS) is 22.9. The number of carboxylic acid groups (broad SMARTS) is 1. The number of ether oxygens (including phenoxy) is 1. The van der Waals surface area contributed by atoms with Crippen molar-refractivity contribution in [3.8, 4) is 5.75 Å². The van der Waals surface area contributed by atoms with E-state index in [2.05, 4.69) is 0 Å². The van der Waals surface area contributed by atoms with Gasteiger partial charge in [0.15, 0.2) is 0 Å². The topological polar surface area (TPSA) is 72.5 Å². The smallest absolute Gasteiger partial charge is 0.312 e. The van der Waals surface area contributed by atoms with Gasteiger partial charge >= 0.3 is 5.97 Å². The minimum absolute atomic E-state index is 0.329. The van der Waals surface area contributed by atoms with Gasteiger partial charge in [-0.3, -0.25) is 4.79 Å². The van der Waals surface area contributed by atoms with E-state index in [0.717, 1.165) is 11.1 Å². The summed E-state index contributed by atoms with van der Waals surface area (Å²) in [6.07, 6.45) is 0.624. The zero-order chi connectivity index (χ0) is 11.7. The molecule has 0 aliphatic heterocycles. The molecule has 3 N–H and O–H groups in total. The first-order chi connectivity index (χ1) is 7.63. The van der Waals surface area contributed by atoms with Gasteiger partial charge in [-0.2, -0.15) is 0 Å². The fourth-order valence-electron chi connectivity index (χ4n) is 2.22. The molecular weight excluding hydrogens is 206 g/mol. The highest BCUT2D eigenvalue weighted by Crippen LogP contribution is 2.34. The van der Waals surface area contributed by atoms with Crippen LogP contribution >= 0.6 is 0 Å². The minimum atomic E-state index is -0.861. The molecule has 1 aliphatic rings. The number of carbonyl (C=O) groups is 1. The largest absolute Gasteiger partial charge is 0.494 e. The molecule has 1 aromatic rings. The van der Waals surface area contributed by atoms with Crippen LogP contribution in [0, 0.1) is 0 Å². The maximum atomic E-state index is 11.1. The third-order valence-electron chi connectivity index (χ3n) is 2.91. The average molecular weight is 221 g/mol. The number of nitrogens with two attached hydrogens (primary N) is 1. The van der Waals surface area contributed by atoms with E-state index in [4.69, 9.17) is 15.6 Å². The minimum Gasteiger partial charge on any atom is -0.494 e. The number of aliphatic carboxylic acids is 1. The fourth-order valence-corrected chi connectivity index (χ4v) is 2.22. The van der Waals surface area contributed by atoms with Crippen LogP contribution in [0.1, 0.15) is 24.0 Å². The first-order valence-corrected chi connectivity index (χ1v) is 5.37. The lowest BCUT2D eigenvalue weighted by Gasteiger charge is -2.11. The first-order valence-electron chi connectivity index (χ1n) is 5.37. The molecule has 0 bridgehead atoms. The number of benzene rings is 1. The highest BCUT2D eigenvalue weighted by atomic mass is 16.5. The van der Waals surface area contributed by atoms with Crippen LogP contribution in [0.4, 0.5) is 0 Å². The zero-order valence-corrected chi connectivity index (χ0v) is 9.14. The summed E-state index contributed by atoms with van der Waals surface area (Å²) in [7, 11) is 0. The highest BCUT2D eigenvalue weighted by Gasteiger charge is 2.35. The van der Waals surface area contributed by atoms with Crippen LogP contribution in [0.3, 0.4) is 0 Å². The number of hydrogen-bond acceptors (Lipinski definition) is 3. The number of hydrogen-bond donors (Lipinski definition) is 2. The Morgan fingerprint density at radius 1 is 1.62 bits per heavy atom. The van der Waals surface area contributed by atoms with Crippen molar-refractivity contribution in [2.75, 3.05) is 6.61 Å². The van der Waals surface area contributed by atoms with Crippen molar-refractivity contribution < 1.29 is 14.6 Å². The lowest BCUT2D eigenvalue weighted by Crippen LogP contribution is -2.30. The number of rotatable bonds is 3. The van der Waals surface area contributed by atoms with Crippen LogP contribution in [-0.2, 0) is 11.2 Å². The molecule has 0 radical (unpaired) electrons. The molecule has 1 aromatic carbocycles. The predicted octanol–water partition coefficient (Wildman–Crippen LogP) is 1.14. The van der Waals surface area contributed by atoms with Gasteiger partial charge in [-0.05, 0) is 36.6 Å². The monoisotopic (exact) mass is 221 g/mol. The maximum Gasteiger partial charge on any atom is 0.312 e. The standard InChI is InChI=1S/C12H15NO3/c1-2-16-8-4-3-7-5-10(13)11(12(14)15)9(7)6-8/h3-4,6,10-11H,2,5,13H2,1H3,(H,14,15). The number of carboxylic acids is 1. The summed E-state index contributed by atoms with van der Waals surface area (Å²) in [5.41, 5.74) is 7.65. The van der Waals surface area contributed by atoms with E-state index in [1.165, 1.54) is 0 Å². The lowest BCUT2D eigenvalue weighted by molar-refractivity contribution is -0.139. The van der Waals surface area contributed by atoms with Gasteiger partial charge in [0, 0.05) is 6.04 Å². The Labute approximate surface area is 94.0 Å². The molecule has 4 nitrogen and oxygen atoms in total. The van der Waals surface area contributed by atoms with Gasteiger partial charge in [0.1, 0.15) is 5.75 Å². The van der Waals surface area contributed by atoms with E-state index in [9.17, 15) is 4.79 Å². The Morgan fingerprint density at radius 3 is 3.00 bits per heavy atom. The zero-order valence-electron chi connectivity index (χ0n) is 9.14. The van der Waals surface area contributed by atoms with E-state index in [-0.39, 0.29) is 6.04 Å². The Bertz CT molecular complexity index is 417. The summed E-state index contributed by atoms with van der Waals surface area (Å²) in [5.74, 6) is -0.753. The van der Waals surface area contributed by atoms with Crippen molar-refractivity contribution in [1.29, 1.82) is 0 Å². The Hall–Kier alpha value is -1.55. The van der Waals surface area contributed by atoms with Gasteiger partial charge in [-0.1, -0.05) is 6.07 Å². The third kappa shape index (κ3) is 1.76. The molecule has 0 heterocycles. The summed E-state index contributed by atoms with van der Waals surface area (Å²) >= 11 is 0. The maximum absolute atomic E-state index is 11.1. The molecule has 86 valence electrons. The molecule has 4 heteroatoms. The van der Waals surface area contributed by atoms with Gasteiger partial charge in [-0.15, -0.1) is 0 Å². The van der Waals surface area contributed by atoms with Crippen molar-refractivity contribution in [1.82, 2.24) is 0 Å². The van der Waals surface area contributed by atoms with E-state index >= 15 is 0 Å².